The maximum absolute atomic E-state index is 12.6. The summed E-state index contributed by atoms with van der Waals surface area (Å²) in [7, 11) is 0. The summed E-state index contributed by atoms with van der Waals surface area (Å²) in [5.74, 6) is 0.806. The average Bonchev–Trinajstić information content (AvgIpc) is 3.40. The third kappa shape index (κ3) is 5.48. The molecule has 4 rings (SSSR count). The van der Waals surface area contributed by atoms with Gasteiger partial charge in [0.1, 0.15) is 12.4 Å². The topological polar surface area (TPSA) is 54.5 Å². The molecule has 0 bridgehead atoms. The second-order valence-corrected chi connectivity index (χ2v) is 8.39. The molecule has 1 aliphatic heterocycles. The number of hydrogen-bond donors (Lipinski definition) is 1. The van der Waals surface area contributed by atoms with E-state index < -0.39 is 0 Å². The standard InChI is InChI=1S/C24H25N3O2S/c1-18-25-22(17-30-18)16-29-23-9-5-6-19(14-23)10-11-24(28)27-13-12-21(15-27)26-20-7-3-2-4-8-20/h2-11,14,17,21,26H,12-13,15-16H2,1H3/b11-10+. The van der Waals surface area contributed by atoms with Crippen LogP contribution < -0.4 is 10.1 Å². The van der Waals surface area contributed by atoms with Crippen molar-refractivity contribution in [3.05, 3.63) is 82.3 Å². The van der Waals surface area contributed by atoms with Crippen LogP contribution in [0, 0.1) is 6.92 Å². The van der Waals surface area contributed by atoms with E-state index in [0.717, 1.165) is 40.7 Å². The lowest BCUT2D eigenvalue weighted by Crippen LogP contribution is -2.30. The molecule has 0 saturated carbocycles. The number of amides is 1. The van der Waals surface area contributed by atoms with Crippen molar-refractivity contribution < 1.29 is 9.53 Å². The first kappa shape index (κ1) is 20.2. The number of likely N-dealkylation sites (tertiary alicyclic amines) is 1. The smallest absolute Gasteiger partial charge is 0.246 e. The second kappa shape index (κ2) is 9.59. The predicted octanol–water partition coefficient (Wildman–Crippen LogP) is 4.76. The maximum atomic E-state index is 12.6. The van der Waals surface area contributed by atoms with E-state index in [9.17, 15) is 4.79 Å². The minimum Gasteiger partial charge on any atom is -0.487 e. The van der Waals surface area contributed by atoms with Crippen LogP contribution in [0.5, 0.6) is 5.75 Å². The largest absolute Gasteiger partial charge is 0.487 e. The van der Waals surface area contributed by atoms with Crippen molar-refractivity contribution in [1.29, 1.82) is 0 Å². The minimum absolute atomic E-state index is 0.0385. The third-order valence-electron chi connectivity index (χ3n) is 4.97. The van der Waals surface area contributed by atoms with Crippen LogP contribution in [0.1, 0.15) is 22.7 Å². The zero-order chi connectivity index (χ0) is 20.8. The quantitative estimate of drug-likeness (QED) is 0.561. The van der Waals surface area contributed by atoms with E-state index in [1.54, 1.807) is 17.4 Å². The molecule has 30 heavy (non-hydrogen) atoms. The molecule has 2 aromatic carbocycles. The van der Waals surface area contributed by atoms with Crippen molar-refractivity contribution in [2.75, 3.05) is 18.4 Å². The van der Waals surface area contributed by atoms with Gasteiger partial charge in [0.25, 0.3) is 0 Å². The van der Waals surface area contributed by atoms with Crippen LogP contribution in [-0.2, 0) is 11.4 Å². The summed E-state index contributed by atoms with van der Waals surface area (Å²) >= 11 is 1.62. The van der Waals surface area contributed by atoms with Crippen molar-refractivity contribution in [2.24, 2.45) is 0 Å². The Morgan fingerprint density at radius 3 is 2.93 bits per heavy atom. The van der Waals surface area contributed by atoms with E-state index in [2.05, 4.69) is 22.4 Å². The molecule has 1 unspecified atom stereocenters. The predicted molar refractivity (Wildman–Crippen MR) is 122 cm³/mol. The van der Waals surface area contributed by atoms with Crippen LogP contribution in [0.25, 0.3) is 6.08 Å². The zero-order valence-corrected chi connectivity index (χ0v) is 17.8. The molecule has 1 aliphatic rings. The van der Waals surface area contributed by atoms with Crippen molar-refractivity contribution in [1.82, 2.24) is 9.88 Å². The molecule has 1 N–H and O–H groups in total. The molecule has 1 aromatic heterocycles. The molecule has 0 aliphatic carbocycles. The molecule has 5 nitrogen and oxygen atoms in total. The summed E-state index contributed by atoms with van der Waals surface area (Å²) in [5.41, 5.74) is 2.96. The number of thiazole rings is 1. The molecule has 1 fully saturated rings. The Labute approximate surface area is 181 Å². The van der Waals surface area contributed by atoms with Gasteiger partial charge in [-0.15, -0.1) is 11.3 Å². The van der Waals surface area contributed by atoms with Gasteiger partial charge in [-0.1, -0.05) is 30.3 Å². The van der Waals surface area contributed by atoms with E-state index in [0.29, 0.717) is 13.2 Å². The number of aryl methyl sites for hydroxylation is 1. The number of hydrogen-bond acceptors (Lipinski definition) is 5. The highest BCUT2D eigenvalue weighted by Crippen LogP contribution is 2.19. The highest BCUT2D eigenvalue weighted by molar-refractivity contribution is 7.09. The Hall–Kier alpha value is -3.12. The van der Waals surface area contributed by atoms with Crippen LogP contribution in [0.4, 0.5) is 5.69 Å². The third-order valence-corrected chi connectivity index (χ3v) is 5.80. The van der Waals surface area contributed by atoms with Crippen molar-refractivity contribution in [3.63, 3.8) is 0 Å². The summed E-state index contributed by atoms with van der Waals surface area (Å²) < 4.78 is 5.83. The summed E-state index contributed by atoms with van der Waals surface area (Å²) in [6, 6.07) is 18.2. The molecule has 0 spiro atoms. The van der Waals surface area contributed by atoms with Crippen LogP contribution in [0.2, 0.25) is 0 Å². The molecule has 3 aromatic rings. The van der Waals surface area contributed by atoms with E-state index in [4.69, 9.17) is 4.74 Å². The molecule has 1 saturated heterocycles. The van der Waals surface area contributed by atoms with Crippen molar-refractivity contribution >= 4 is 29.0 Å². The van der Waals surface area contributed by atoms with Crippen LogP contribution in [0.3, 0.4) is 0 Å². The molecule has 1 amide bonds. The Kier molecular flexibility index (Phi) is 6.44. The van der Waals surface area contributed by atoms with Crippen molar-refractivity contribution in [3.8, 4) is 5.75 Å². The average molecular weight is 420 g/mol. The number of carbonyl (C=O) groups excluding carboxylic acids is 1. The lowest BCUT2D eigenvalue weighted by molar-refractivity contribution is -0.124. The summed E-state index contributed by atoms with van der Waals surface area (Å²) in [5, 5.41) is 6.54. The number of nitrogens with one attached hydrogen (secondary N) is 1. The molecule has 154 valence electrons. The lowest BCUT2D eigenvalue weighted by Gasteiger charge is -2.16. The van der Waals surface area contributed by atoms with E-state index in [-0.39, 0.29) is 11.9 Å². The Morgan fingerprint density at radius 2 is 2.13 bits per heavy atom. The number of aromatic nitrogens is 1. The second-order valence-electron chi connectivity index (χ2n) is 7.33. The molecule has 2 heterocycles. The minimum atomic E-state index is 0.0385. The summed E-state index contributed by atoms with van der Waals surface area (Å²) in [6.07, 6.45) is 4.45. The number of carbonyl (C=O) groups is 1. The molecule has 6 heteroatoms. The fourth-order valence-corrected chi connectivity index (χ4v) is 4.06. The monoisotopic (exact) mass is 419 g/mol. The molecular weight excluding hydrogens is 394 g/mol. The molecular formula is C24H25N3O2S. The first-order valence-electron chi connectivity index (χ1n) is 10.1. The van der Waals surface area contributed by atoms with E-state index in [1.807, 2.05) is 65.7 Å². The van der Waals surface area contributed by atoms with Gasteiger partial charge < -0.3 is 15.0 Å². The maximum Gasteiger partial charge on any atom is 0.246 e. The van der Waals surface area contributed by atoms with Crippen LogP contribution in [0.15, 0.2) is 66.1 Å². The van der Waals surface area contributed by atoms with Gasteiger partial charge in [0.2, 0.25) is 5.91 Å². The number of rotatable bonds is 7. The Bertz CT molecular complexity index is 1020. The van der Waals surface area contributed by atoms with Gasteiger partial charge in [-0.3, -0.25) is 4.79 Å². The van der Waals surface area contributed by atoms with Crippen LogP contribution >= 0.6 is 11.3 Å². The number of nitrogens with zero attached hydrogens (tertiary/aromatic N) is 2. The fraction of sp³-hybridized carbons (Fsp3) is 0.250. The number of ether oxygens (including phenoxy) is 1. The van der Waals surface area contributed by atoms with E-state index in [1.165, 1.54) is 0 Å². The number of benzene rings is 2. The SMILES string of the molecule is Cc1nc(COc2cccc(/C=C/C(=O)N3CCC(Nc4ccccc4)C3)c2)cs1. The number of para-hydroxylation sites is 1. The van der Waals surface area contributed by atoms with Gasteiger partial charge in [-0.25, -0.2) is 4.98 Å². The molecule has 0 radical (unpaired) electrons. The van der Waals surface area contributed by atoms with Gasteiger partial charge in [0, 0.05) is 36.3 Å². The Balaban J connectivity index is 1.29. The summed E-state index contributed by atoms with van der Waals surface area (Å²) in [6.45, 7) is 3.91. The fourth-order valence-electron chi connectivity index (χ4n) is 3.46. The lowest BCUT2D eigenvalue weighted by atomic mass is 10.2. The van der Waals surface area contributed by atoms with E-state index >= 15 is 0 Å². The molecule has 1 atom stereocenters. The normalized spacial score (nSPS) is 16.2. The Morgan fingerprint density at radius 1 is 1.27 bits per heavy atom. The number of anilines is 1. The van der Waals surface area contributed by atoms with Gasteiger partial charge >= 0.3 is 0 Å². The van der Waals surface area contributed by atoms with Gasteiger partial charge in [0.05, 0.1) is 10.7 Å². The van der Waals surface area contributed by atoms with Gasteiger partial charge in [-0.05, 0) is 49.2 Å². The zero-order valence-electron chi connectivity index (χ0n) is 17.0. The first-order valence-corrected chi connectivity index (χ1v) is 11.0. The van der Waals surface area contributed by atoms with Crippen molar-refractivity contribution in [2.45, 2.75) is 26.0 Å². The first-order chi connectivity index (χ1) is 14.7. The van der Waals surface area contributed by atoms with Gasteiger partial charge in [-0.2, -0.15) is 0 Å². The van der Waals surface area contributed by atoms with Gasteiger partial charge in [0.15, 0.2) is 0 Å². The van der Waals surface area contributed by atoms with Crippen LogP contribution in [-0.4, -0.2) is 34.9 Å². The highest BCUT2D eigenvalue weighted by Gasteiger charge is 2.24. The highest BCUT2D eigenvalue weighted by atomic mass is 32.1. The summed E-state index contributed by atoms with van der Waals surface area (Å²) in [4.78, 5) is 18.9.